The van der Waals surface area contributed by atoms with Crippen LogP contribution in [0.1, 0.15) is 21.5 Å². The highest BCUT2D eigenvalue weighted by Gasteiger charge is 2.13. The van der Waals surface area contributed by atoms with Gasteiger partial charge in [0.05, 0.1) is 7.11 Å². The van der Waals surface area contributed by atoms with E-state index in [1.165, 1.54) is 5.56 Å². The van der Waals surface area contributed by atoms with Crippen molar-refractivity contribution < 1.29 is 9.53 Å². The molecule has 0 aliphatic carbocycles. The van der Waals surface area contributed by atoms with E-state index in [-0.39, 0.29) is 5.78 Å². The van der Waals surface area contributed by atoms with Crippen molar-refractivity contribution in [2.45, 2.75) is 6.92 Å². The molecule has 0 saturated carbocycles. The number of ether oxygens (including phenoxy) is 1. The molecule has 0 spiro atoms. The number of benzene rings is 3. The summed E-state index contributed by atoms with van der Waals surface area (Å²) in [4.78, 5) is 12.7. The minimum Gasteiger partial charge on any atom is -0.497 e. The first-order valence-electron chi connectivity index (χ1n) is 6.88. The number of hydrogen-bond donors (Lipinski definition) is 0. The molecule has 2 nitrogen and oxygen atoms in total. The summed E-state index contributed by atoms with van der Waals surface area (Å²) in [5.41, 5.74) is 2.59. The van der Waals surface area contributed by atoms with Crippen molar-refractivity contribution in [1.29, 1.82) is 0 Å². The molecule has 3 aromatic rings. The summed E-state index contributed by atoms with van der Waals surface area (Å²) in [5.74, 6) is 0.786. The van der Waals surface area contributed by atoms with E-state index in [2.05, 4.69) is 13.0 Å². The molecule has 0 amide bonds. The molecular formula is C19H16O2. The van der Waals surface area contributed by atoms with Crippen molar-refractivity contribution in [2.24, 2.45) is 0 Å². The fourth-order valence-corrected chi connectivity index (χ4v) is 2.55. The molecule has 0 aromatic heterocycles. The summed E-state index contributed by atoms with van der Waals surface area (Å²) in [6, 6.07) is 19.1. The second-order valence-corrected chi connectivity index (χ2v) is 5.03. The van der Waals surface area contributed by atoms with Gasteiger partial charge in [-0.05, 0) is 47.5 Å². The lowest BCUT2D eigenvalue weighted by atomic mass is 9.95. The van der Waals surface area contributed by atoms with E-state index in [1.807, 2.05) is 42.5 Å². The predicted molar refractivity (Wildman–Crippen MR) is 85.1 cm³/mol. The second-order valence-electron chi connectivity index (χ2n) is 5.03. The number of aryl methyl sites for hydroxylation is 1. The smallest absolute Gasteiger partial charge is 0.193 e. The first-order valence-corrected chi connectivity index (χ1v) is 6.88. The SMILES string of the molecule is COc1ccc(C(=O)c2ccc(C)c3ccccc23)cc1. The zero-order valence-electron chi connectivity index (χ0n) is 12.1. The van der Waals surface area contributed by atoms with Crippen LogP contribution in [0.25, 0.3) is 10.8 Å². The van der Waals surface area contributed by atoms with Gasteiger partial charge < -0.3 is 4.74 Å². The molecule has 0 saturated heterocycles. The Bertz CT molecular complexity index is 801. The number of ketones is 1. The summed E-state index contributed by atoms with van der Waals surface area (Å²) >= 11 is 0. The van der Waals surface area contributed by atoms with Gasteiger partial charge in [0.1, 0.15) is 5.75 Å². The highest BCUT2D eigenvalue weighted by atomic mass is 16.5. The van der Waals surface area contributed by atoms with Gasteiger partial charge in [-0.1, -0.05) is 36.4 Å². The van der Waals surface area contributed by atoms with Crippen LogP contribution in [0, 0.1) is 6.92 Å². The Morgan fingerprint density at radius 3 is 2.19 bits per heavy atom. The molecule has 2 heteroatoms. The van der Waals surface area contributed by atoms with Crippen LogP contribution in [0.5, 0.6) is 5.75 Å². The Morgan fingerprint density at radius 2 is 1.52 bits per heavy atom. The third kappa shape index (κ3) is 2.40. The van der Waals surface area contributed by atoms with Gasteiger partial charge in [-0.15, -0.1) is 0 Å². The maximum absolute atomic E-state index is 12.7. The van der Waals surface area contributed by atoms with Crippen molar-refractivity contribution in [3.63, 3.8) is 0 Å². The van der Waals surface area contributed by atoms with Gasteiger partial charge in [0.15, 0.2) is 5.78 Å². The van der Waals surface area contributed by atoms with Crippen molar-refractivity contribution >= 4 is 16.6 Å². The molecule has 0 heterocycles. The standard InChI is InChI=1S/C19H16O2/c1-13-7-12-18(17-6-4-3-5-16(13)17)19(20)14-8-10-15(21-2)11-9-14/h3-12H,1-2H3. The Balaban J connectivity index is 2.11. The maximum atomic E-state index is 12.7. The molecular weight excluding hydrogens is 260 g/mol. The molecule has 0 fully saturated rings. The van der Waals surface area contributed by atoms with E-state index in [0.717, 1.165) is 22.1 Å². The van der Waals surface area contributed by atoms with Crippen LogP contribution in [-0.2, 0) is 0 Å². The third-order valence-corrected chi connectivity index (χ3v) is 3.74. The van der Waals surface area contributed by atoms with E-state index < -0.39 is 0 Å². The molecule has 104 valence electrons. The first kappa shape index (κ1) is 13.4. The average molecular weight is 276 g/mol. The van der Waals surface area contributed by atoms with E-state index in [4.69, 9.17) is 4.74 Å². The molecule has 21 heavy (non-hydrogen) atoms. The molecule has 3 rings (SSSR count). The molecule has 0 bridgehead atoms. The number of methoxy groups -OCH3 is 1. The van der Waals surface area contributed by atoms with E-state index in [9.17, 15) is 4.79 Å². The van der Waals surface area contributed by atoms with Crippen molar-refractivity contribution in [3.05, 3.63) is 77.4 Å². The Hall–Kier alpha value is -2.61. The predicted octanol–water partition coefficient (Wildman–Crippen LogP) is 4.39. The zero-order valence-corrected chi connectivity index (χ0v) is 12.1. The third-order valence-electron chi connectivity index (χ3n) is 3.74. The number of carbonyl (C=O) groups excluding carboxylic acids is 1. The lowest BCUT2D eigenvalue weighted by molar-refractivity contribution is 0.104. The first-order chi connectivity index (χ1) is 10.2. The quantitative estimate of drug-likeness (QED) is 0.663. The summed E-state index contributed by atoms with van der Waals surface area (Å²) < 4.78 is 5.13. The number of carbonyl (C=O) groups is 1. The van der Waals surface area contributed by atoms with Crippen molar-refractivity contribution in [3.8, 4) is 5.75 Å². The maximum Gasteiger partial charge on any atom is 0.193 e. The second kappa shape index (κ2) is 5.41. The van der Waals surface area contributed by atoms with Gasteiger partial charge in [0.2, 0.25) is 0 Å². The van der Waals surface area contributed by atoms with Crippen LogP contribution >= 0.6 is 0 Å². The Morgan fingerprint density at radius 1 is 0.857 bits per heavy atom. The van der Waals surface area contributed by atoms with Gasteiger partial charge >= 0.3 is 0 Å². The van der Waals surface area contributed by atoms with Gasteiger partial charge in [-0.3, -0.25) is 4.79 Å². The molecule has 0 N–H and O–H groups in total. The largest absolute Gasteiger partial charge is 0.497 e. The lowest BCUT2D eigenvalue weighted by Crippen LogP contribution is -2.02. The number of fused-ring (bicyclic) bond motifs is 1. The molecule has 0 radical (unpaired) electrons. The lowest BCUT2D eigenvalue weighted by Gasteiger charge is -2.09. The van der Waals surface area contributed by atoms with Gasteiger partial charge in [0.25, 0.3) is 0 Å². The van der Waals surface area contributed by atoms with Crippen LogP contribution in [0.3, 0.4) is 0 Å². The Kier molecular flexibility index (Phi) is 3.44. The van der Waals surface area contributed by atoms with Gasteiger partial charge in [-0.2, -0.15) is 0 Å². The summed E-state index contributed by atoms with van der Waals surface area (Å²) in [7, 11) is 1.62. The Labute approximate surface area is 124 Å². The minimum absolute atomic E-state index is 0.0360. The normalized spacial score (nSPS) is 10.6. The van der Waals surface area contributed by atoms with E-state index >= 15 is 0 Å². The zero-order chi connectivity index (χ0) is 14.8. The van der Waals surface area contributed by atoms with E-state index in [0.29, 0.717) is 5.56 Å². The monoisotopic (exact) mass is 276 g/mol. The van der Waals surface area contributed by atoms with Crippen LogP contribution in [0.2, 0.25) is 0 Å². The van der Waals surface area contributed by atoms with Gasteiger partial charge in [0, 0.05) is 11.1 Å². The molecule has 0 aliphatic heterocycles. The molecule has 3 aromatic carbocycles. The van der Waals surface area contributed by atoms with Crippen LogP contribution in [0.15, 0.2) is 60.7 Å². The summed E-state index contributed by atoms with van der Waals surface area (Å²) in [6.07, 6.45) is 0. The number of hydrogen-bond acceptors (Lipinski definition) is 2. The van der Waals surface area contributed by atoms with Crippen LogP contribution in [-0.4, -0.2) is 12.9 Å². The minimum atomic E-state index is 0.0360. The summed E-state index contributed by atoms with van der Waals surface area (Å²) in [5, 5.41) is 2.12. The highest BCUT2D eigenvalue weighted by molar-refractivity contribution is 6.16. The molecule has 0 unspecified atom stereocenters. The van der Waals surface area contributed by atoms with E-state index in [1.54, 1.807) is 19.2 Å². The fourth-order valence-electron chi connectivity index (χ4n) is 2.55. The fraction of sp³-hybridized carbons (Fsp3) is 0.105. The summed E-state index contributed by atoms with van der Waals surface area (Å²) in [6.45, 7) is 2.06. The molecule has 0 atom stereocenters. The van der Waals surface area contributed by atoms with Crippen LogP contribution < -0.4 is 4.74 Å². The van der Waals surface area contributed by atoms with Crippen molar-refractivity contribution in [2.75, 3.05) is 7.11 Å². The topological polar surface area (TPSA) is 26.3 Å². The molecule has 0 aliphatic rings. The average Bonchev–Trinajstić information content (AvgIpc) is 2.55. The number of rotatable bonds is 3. The van der Waals surface area contributed by atoms with Crippen molar-refractivity contribution in [1.82, 2.24) is 0 Å². The highest BCUT2D eigenvalue weighted by Crippen LogP contribution is 2.25. The van der Waals surface area contributed by atoms with Crippen LogP contribution in [0.4, 0.5) is 0 Å². The van der Waals surface area contributed by atoms with Gasteiger partial charge in [-0.25, -0.2) is 0 Å².